The van der Waals surface area contributed by atoms with Crippen LogP contribution in [0, 0.1) is 0 Å². The number of hydrogen-bond donors (Lipinski definition) is 0. The first-order valence-electron chi connectivity index (χ1n) is 11.4. The summed E-state index contributed by atoms with van der Waals surface area (Å²) in [6.07, 6.45) is 0.926. The minimum absolute atomic E-state index is 0.0953. The zero-order chi connectivity index (χ0) is 24.1. The van der Waals surface area contributed by atoms with Crippen LogP contribution in [0.3, 0.4) is 0 Å². The van der Waals surface area contributed by atoms with Crippen LogP contribution in [0.15, 0.2) is 66.7 Å². The van der Waals surface area contributed by atoms with Crippen molar-refractivity contribution < 1.29 is 28.5 Å². The highest BCUT2D eigenvalue weighted by molar-refractivity contribution is 6.11. The van der Waals surface area contributed by atoms with Crippen molar-refractivity contribution in [2.24, 2.45) is 0 Å². The molecule has 3 aromatic carbocycles. The molecule has 3 aromatic rings. The van der Waals surface area contributed by atoms with E-state index in [9.17, 15) is 9.59 Å². The van der Waals surface area contributed by atoms with E-state index in [4.69, 9.17) is 18.9 Å². The van der Waals surface area contributed by atoms with Gasteiger partial charge in [-0.15, -0.1) is 0 Å². The molecule has 6 nitrogen and oxygen atoms in total. The van der Waals surface area contributed by atoms with Crippen molar-refractivity contribution in [2.75, 3.05) is 20.3 Å². The first-order chi connectivity index (χ1) is 16.6. The number of carbonyl (C=O) groups is 2. The smallest absolute Gasteiger partial charge is 0.219 e. The third-order valence-corrected chi connectivity index (χ3v) is 6.03. The number of ether oxygens (including phenoxy) is 4. The summed E-state index contributed by atoms with van der Waals surface area (Å²) in [5, 5.41) is 0. The van der Waals surface area contributed by atoms with E-state index in [0.29, 0.717) is 47.3 Å². The Balaban J connectivity index is 1.96. The van der Waals surface area contributed by atoms with Crippen molar-refractivity contribution >= 4 is 12.1 Å². The molecule has 0 bridgehead atoms. The lowest BCUT2D eigenvalue weighted by Gasteiger charge is -2.35. The Morgan fingerprint density at radius 1 is 0.941 bits per heavy atom. The van der Waals surface area contributed by atoms with Gasteiger partial charge < -0.3 is 23.7 Å². The minimum Gasteiger partial charge on any atom is -0.497 e. The molecule has 0 spiro atoms. The van der Waals surface area contributed by atoms with Crippen molar-refractivity contribution in [1.82, 2.24) is 0 Å². The van der Waals surface area contributed by atoms with E-state index >= 15 is 0 Å². The van der Waals surface area contributed by atoms with Crippen LogP contribution in [0.2, 0.25) is 0 Å². The fourth-order valence-corrected chi connectivity index (χ4v) is 4.57. The van der Waals surface area contributed by atoms with E-state index in [1.807, 2.05) is 56.3 Å². The number of Topliss-reactive ketones (excluding diaryl/α,β-unsaturated/α-hetero) is 1. The summed E-state index contributed by atoms with van der Waals surface area (Å²) in [4.78, 5) is 26.2. The molecule has 4 rings (SSSR count). The number of carbonyl (C=O) groups excluding carboxylic acids is 2. The highest BCUT2D eigenvalue weighted by Gasteiger charge is 2.56. The first kappa shape index (κ1) is 23.4. The highest BCUT2D eigenvalue weighted by atomic mass is 16.5. The van der Waals surface area contributed by atoms with E-state index in [2.05, 4.69) is 0 Å². The number of aldehydes is 1. The number of ketones is 1. The fourth-order valence-electron chi connectivity index (χ4n) is 4.57. The van der Waals surface area contributed by atoms with Gasteiger partial charge in [0.15, 0.2) is 0 Å². The molecule has 2 atom stereocenters. The maximum Gasteiger partial charge on any atom is 0.219 e. The van der Waals surface area contributed by atoms with E-state index < -0.39 is 11.5 Å². The van der Waals surface area contributed by atoms with Crippen molar-refractivity contribution in [3.63, 3.8) is 0 Å². The molecule has 0 aliphatic carbocycles. The second kappa shape index (κ2) is 10.00. The molecule has 0 radical (unpaired) electrons. The van der Waals surface area contributed by atoms with Crippen LogP contribution in [0.4, 0.5) is 0 Å². The molecular formula is C28H28O6. The molecule has 0 N–H and O–H groups in total. The molecule has 0 aromatic heterocycles. The van der Waals surface area contributed by atoms with Crippen LogP contribution in [0.5, 0.6) is 23.0 Å². The van der Waals surface area contributed by atoms with Crippen LogP contribution in [0.1, 0.15) is 47.7 Å². The van der Waals surface area contributed by atoms with Gasteiger partial charge in [-0.2, -0.15) is 0 Å². The lowest BCUT2D eigenvalue weighted by atomic mass is 9.72. The standard InChI is InChI=1S/C28H28O6/c1-4-32-22-17-24(33-5-2)26-25(18-22)34-28(27(26)30,20-11-13-21(31-3)14-12-20)23(15-16-29)19-9-7-6-8-10-19/h6-14,16-18,23H,4-5,15H2,1-3H3/t23-,28-/m1/s1. The molecule has 0 saturated heterocycles. The molecule has 0 amide bonds. The molecule has 0 fully saturated rings. The second-order valence-electron chi connectivity index (χ2n) is 7.92. The first-order valence-corrected chi connectivity index (χ1v) is 11.4. The number of rotatable bonds is 10. The number of methoxy groups -OCH3 is 1. The second-order valence-corrected chi connectivity index (χ2v) is 7.92. The largest absolute Gasteiger partial charge is 0.497 e. The van der Waals surface area contributed by atoms with Crippen LogP contribution < -0.4 is 18.9 Å². The summed E-state index contributed by atoms with van der Waals surface area (Å²) in [5.41, 5.74) is 0.348. The quantitative estimate of drug-likeness (QED) is 0.381. The Hall–Kier alpha value is -3.80. The van der Waals surface area contributed by atoms with E-state index in [0.717, 1.165) is 11.8 Å². The van der Waals surface area contributed by atoms with Crippen LogP contribution in [-0.4, -0.2) is 32.4 Å². The van der Waals surface area contributed by atoms with Crippen LogP contribution in [0.25, 0.3) is 0 Å². The molecular weight excluding hydrogens is 432 g/mol. The van der Waals surface area contributed by atoms with Gasteiger partial charge in [0.1, 0.15) is 34.8 Å². The molecule has 1 heterocycles. The van der Waals surface area contributed by atoms with Gasteiger partial charge >= 0.3 is 0 Å². The van der Waals surface area contributed by atoms with Gasteiger partial charge in [-0.05, 0) is 31.5 Å². The number of hydrogen-bond acceptors (Lipinski definition) is 6. The zero-order valence-electron chi connectivity index (χ0n) is 19.6. The summed E-state index contributed by atoms with van der Waals surface area (Å²) >= 11 is 0. The third kappa shape index (κ3) is 4.00. The summed E-state index contributed by atoms with van der Waals surface area (Å²) in [7, 11) is 1.58. The van der Waals surface area contributed by atoms with Crippen molar-refractivity contribution in [2.45, 2.75) is 31.8 Å². The minimum atomic E-state index is -1.46. The Morgan fingerprint density at radius 3 is 2.26 bits per heavy atom. The Bertz CT molecular complexity index is 1160. The predicted octanol–water partition coefficient (Wildman–Crippen LogP) is 5.34. The van der Waals surface area contributed by atoms with Gasteiger partial charge in [0, 0.05) is 30.0 Å². The lowest BCUT2D eigenvalue weighted by molar-refractivity contribution is -0.109. The zero-order valence-corrected chi connectivity index (χ0v) is 19.6. The number of fused-ring (bicyclic) bond motifs is 1. The Labute approximate surface area is 199 Å². The Kier molecular flexibility index (Phi) is 6.87. The average Bonchev–Trinajstić information content (AvgIpc) is 3.16. The molecule has 176 valence electrons. The third-order valence-electron chi connectivity index (χ3n) is 6.03. The monoisotopic (exact) mass is 460 g/mol. The summed E-state index contributed by atoms with van der Waals surface area (Å²) in [6.45, 7) is 4.58. The van der Waals surface area contributed by atoms with Gasteiger partial charge in [-0.1, -0.05) is 42.5 Å². The van der Waals surface area contributed by atoms with Gasteiger partial charge in [-0.3, -0.25) is 4.79 Å². The Morgan fingerprint density at radius 2 is 1.65 bits per heavy atom. The SMILES string of the molecule is CCOc1cc(OCC)c2c(c1)O[C@](c1ccc(OC)cc1)([C@H](CC=O)c1ccccc1)C2=O. The van der Waals surface area contributed by atoms with Crippen molar-refractivity contribution in [1.29, 1.82) is 0 Å². The molecule has 6 heteroatoms. The molecule has 0 unspecified atom stereocenters. The molecule has 34 heavy (non-hydrogen) atoms. The predicted molar refractivity (Wildman–Crippen MR) is 128 cm³/mol. The maximum absolute atomic E-state index is 14.3. The average molecular weight is 461 g/mol. The van der Waals surface area contributed by atoms with Crippen molar-refractivity contribution in [3.8, 4) is 23.0 Å². The van der Waals surface area contributed by atoms with E-state index in [-0.39, 0.29) is 12.2 Å². The topological polar surface area (TPSA) is 71.1 Å². The summed E-state index contributed by atoms with van der Waals surface area (Å²) in [6, 6.07) is 20.1. The summed E-state index contributed by atoms with van der Waals surface area (Å²) < 4.78 is 23.5. The normalized spacial score (nSPS) is 17.4. The van der Waals surface area contributed by atoms with E-state index in [1.165, 1.54) is 0 Å². The maximum atomic E-state index is 14.3. The number of benzene rings is 3. The molecule has 1 aliphatic rings. The van der Waals surface area contributed by atoms with Gasteiger partial charge in [-0.25, -0.2) is 0 Å². The molecule has 0 saturated carbocycles. The highest BCUT2D eigenvalue weighted by Crippen LogP contribution is 2.54. The van der Waals surface area contributed by atoms with Crippen LogP contribution >= 0.6 is 0 Å². The van der Waals surface area contributed by atoms with Gasteiger partial charge in [0.2, 0.25) is 11.4 Å². The summed E-state index contributed by atoms with van der Waals surface area (Å²) in [5.74, 6) is 1.17. The van der Waals surface area contributed by atoms with Gasteiger partial charge in [0.05, 0.1) is 20.3 Å². The lowest BCUT2D eigenvalue weighted by Crippen LogP contribution is -2.43. The van der Waals surface area contributed by atoms with Gasteiger partial charge in [0.25, 0.3) is 0 Å². The van der Waals surface area contributed by atoms with Crippen molar-refractivity contribution in [3.05, 3.63) is 83.4 Å². The molecule has 1 aliphatic heterocycles. The van der Waals surface area contributed by atoms with Crippen LogP contribution in [-0.2, 0) is 10.4 Å². The van der Waals surface area contributed by atoms with E-state index in [1.54, 1.807) is 31.4 Å². The fraction of sp³-hybridized carbons (Fsp3) is 0.286.